The predicted octanol–water partition coefficient (Wildman–Crippen LogP) is 1.07. The van der Waals surface area contributed by atoms with Crippen molar-refractivity contribution >= 4 is 28.0 Å². The highest BCUT2D eigenvalue weighted by Gasteiger charge is 2.20. The Kier molecular flexibility index (Phi) is 2.44. The first-order chi connectivity index (χ1) is 5.66. The molecule has 0 atom stereocenters. The molecular formula is C5H8N4O2S. The van der Waals surface area contributed by atoms with Gasteiger partial charge in [0.1, 0.15) is 0 Å². The van der Waals surface area contributed by atoms with Gasteiger partial charge in [0.25, 0.3) is 0 Å². The van der Waals surface area contributed by atoms with Crippen LogP contribution in [-0.4, -0.2) is 15.8 Å². The predicted molar refractivity (Wildman–Crippen MR) is 47.3 cm³/mol. The summed E-state index contributed by atoms with van der Waals surface area (Å²) in [5.41, 5.74) is 5.72. The maximum atomic E-state index is 10.4. The van der Waals surface area contributed by atoms with Crippen molar-refractivity contribution in [1.29, 1.82) is 0 Å². The fourth-order valence-corrected chi connectivity index (χ4v) is 1.37. The normalized spacial score (nSPS) is 9.75. The second-order valence-corrected chi connectivity index (χ2v) is 2.79. The Morgan fingerprint density at radius 1 is 1.83 bits per heavy atom. The van der Waals surface area contributed by atoms with Gasteiger partial charge in [-0.3, -0.25) is 10.1 Å². The molecule has 0 unspecified atom stereocenters. The van der Waals surface area contributed by atoms with Gasteiger partial charge in [-0.05, 0) is 6.92 Å². The summed E-state index contributed by atoms with van der Waals surface area (Å²) in [6.45, 7) is 2.42. The van der Waals surface area contributed by atoms with Crippen LogP contribution in [0.4, 0.5) is 16.5 Å². The topological polar surface area (TPSA) is 94.1 Å². The Labute approximate surface area is 72.7 Å². The molecule has 0 saturated carbocycles. The zero-order valence-electron chi connectivity index (χ0n) is 6.40. The van der Waals surface area contributed by atoms with Crippen LogP contribution in [0, 0.1) is 10.1 Å². The summed E-state index contributed by atoms with van der Waals surface area (Å²) in [7, 11) is 0. The van der Waals surface area contributed by atoms with Crippen molar-refractivity contribution in [2.45, 2.75) is 6.92 Å². The molecule has 1 aromatic heterocycles. The molecule has 0 aromatic carbocycles. The molecule has 1 aromatic rings. The molecule has 0 aliphatic rings. The zero-order valence-corrected chi connectivity index (χ0v) is 7.22. The van der Waals surface area contributed by atoms with Gasteiger partial charge in [0.15, 0.2) is 11.5 Å². The first-order valence-electron chi connectivity index (χ1n) is 3.30. The molecule has 6 nitrogen and oxygen atoms in total. The zero-order chi connectivity index (χ0) is 9.14. The molecule has 0 amide bonds. The fourth-order valence-electron chi connectivity index (χ4n) is 0.761. The van der Waals surface area contributed by atoms with Crippen molar-refractivity contribution in [3.63, 3.8) is 0 Å². The van der Waals surface area contributed by atoms with E-state index in [9.17, 15) is 10.1 Å². The molecule has 0 bridgehead atoms. The Bertz CT molecular complexity index is 298. The highest BCUT2D eigenvalue weighted by Crippen LogP contribution is 2.33. The van der Waals surface area contributed by atoms with Crippen LogP contribution in [0.3, 0.4) is 0 Å². The van der Waals surface area contributed by atoms with Gasteiger partial charge >= 0.3 is 5.00 Å². The molecule has 7 heteroatoms. The van der Waals surface area contributed by atoms with Gasteiger partial charge in [-0.25, -0.2) is 0 Å². The minimum atomic E-state index is -0.494. The Hall–Kier alpha value is -1.37. The van der Waals surface area contributed by atoms with Gasteiger partial charge in [-0.1, -0.05) is 0 Å². The number of nitrogens with two attached hydrogens (primary N) is 1. The average Bonchev–Trinajstić information content (AvgIpc) is 2.34. The van der Waals surface area contributed by atoms with E-state index in [1.54, 1.807) is 0 Å². The van der Waals surface area contributed by atoms with E-state index in [4.69, 9.17) is 5.73 Å². The third kappa shape index (κ3) is 1.45. The molecule has 0 aliphatic heterocycles. The van der Waals surface area contributed by atoms with Gasteiger partial charge < -0.3 is 11.1 Å². The lowest BCUT2D eigenvalue weighted by atomic mass is 10.5. The van der Waals surface area contributed by atoms with Crippen LogP contribution in [0.1, 0.15) is 6.92 Å². The van der Waals surface area contributed by atoms with Crippen LogP contribution in [0.5, 0.6) is 0 Å². The maximum Gasteiger partial charge on any atom is 0.368 e. The summed E-state index contributed by atoms with van der Waals surface area (Å²) < 4.78 is 3.67. The number of nitrogens with zero attached hydrogens (tertiary/aromatic N) is 2. The van der Waals surface area contributed by atoms with Gasteiger partial charge in [-0.15, -0.1) is 0 Å². The van der Waals surface area contributed by atoms with Gasteiger partial charge in [0.05, 0.1) is 4.92 Å². The van der Waals surface area contributed by atoms with Crippen LogP contribution in [0.2, 0.25) is 0 Å². The van der Waals surface area contributed by atoms with Gasteiger partial charge in [-0.2, -0.15) is 4.37 Å². The first-order valence-corrected chi connectivity index (χ1v) is 4.07. The number of hydrogen-bond acceptors (Lipinski definition) is 6. The smallest absolute Gasteiger partial charge is 0.368 e. The number of rotatable bonds is 3. The lowest BCUT2D eigenvalue weighted by Crippen LogP contribution is -2.01. The molecule has 0 spiro atoms. The minimum absolute atomic E-state index is 0.0330. The van der Waals surface area contributed by atoms with E-state index in [1.165, 1.54) is 0 Å². The summed E-state index contributed by atoms with van der Waals surface area (Å²) in [6, 6.07) is 0. The Morgan fingerprint density at radius 2 is 2.50 bits per heavy atom. The monoisotopic (exact) mass is 188 g/mol. The van der Waals surface area contributed by atoms with E-state index in [0.717, 1.165) is 11.5 Å². The lowest BCUT2D eigenvalue weighted by Gasteiger charge is -1.97. The maximum absolute atomic E-state index is 10.4. The first kappa shape index (κ1) is 8.72. The minimum Gasteiger partial charge on any atom is -0.381 e. The van der Waals surface area contributed by atoms with Crippen molar-refractivity contribution in [1.82, 2.24) is 4.37 Å². The lowest BCUT2D eigenvalue weighted by molar-refractivity contribution is -0.379. The van der Waals surface area contributed by atoms with E-state index >= 15 is 0 Å². The fraction of sp³-hybridized carbons (Fsp3) is 0.400. The quantitative estimate of drug-likeness (QED) is 0.546. The molecule has 0 radical (unpaired) electrons. The van der Waals surface area contributed by atoms with Crippen LogP contribution < -0.4 is 11.1 Å². The molecule has 3 N–H and O–H groups in total. The summed E-state index contributed by atoms with van der Waals surface area (Å²) in [6.07, 6.45) is 0. The molecular weight excluding hydrogens is 180 g/mol. The van der Waals surface area contributed by atoms with Crippen LogP contribution in [0.25, 0.3) is 0 Å². The largest absolute Gasteiger partial charge is 0.381 e. The molecule has 66 valence electrons. The number of hydrogen-bond donors (Lipinski definition) is 2. The third-order valence-electron chi connectivity index (χ3n) is 1.22. The molecule has 0 fully saturated rings. The summed E-state index contributed by atoms with van der Waals surface area (Å²) in [4.78, 5) is 9.90. The summed E-state index contributed by atoms with van der Waals surface area (Å²) in [5.74, 6) is 0.188. The van der Waals surface area contributed by atoms with Crippen LogP contribution in [-0.2, 0) is 0 Å². The Balaban J connectivity index is 3.03. The van der Waals surface area contributed by atoms with Gasteiger partial charge in [0.2, 0.25) is 0 Å². The average molecular weight is 188 g/mol. The second kappa shape index (κ2) is 3.35. The number of nitro groups is 1. The summed E-state index contributed by atoms with van der Waals surface area (Å²) in [5, 5.41) is 13.1. The van der Waals surface area contributed by atoms with Crippen molar-refractivity contribution in [3.05, 3.63) is 10.1 Å². The molecule has 0 saturated heterocycles. The SMILES string of the molecule is CCNc1c(N)nsc1[N+](=O)[O-]. The number of nitrogens with one attached hydrogen (secondary N) is 1. The van der Waals surface area contributed by atoms with Crippen LogP contribution >= 0.6 is 11.5 Å². The highest BCUT2D eigenvalue weighted by atomic mass is 32.1. The molecule has 12 heavy (non-hydrogen) atoms. The van der Waals surface area contributed by atoms with Crippen molar-refractivity contribution in [3.8, 4) is 0 Å². The molecule has 1 rings (SSSR count). The highest BCUT2D eigenvalue weighted by molar-refractivity contribution is 7.10. The van der Waals surface area contributed by atoms with Crippen LogP contribution in [0.15, 0.2) is 0 Å². The van der Waals surface area contributed by atoms with E-state index in [1.807, 2.05) is 6.92 Å². The number of nitrogen functional groups attached to an aromatic ring is 1. The van der Waals surface area contributed by atoms with E-state index in [-0.39, 0.29) is 10.8 Å². The van der Waals surface area contributed by atoms with Gasteiger partial charge in [0, 0.05) is 18.1 Å². The number of aromatic nitrogens is 1. The van der Waals surface area contributed by atoms with Crippen molar-refractivity contribution in [2.75, 3.05) is 17.6 Å². The number of anilines is 2. The van der Waals surface area contributed by atoms with E-state index in [0.29, 0.717) is 12.2 Å². The standard InChI is InChI=1S/C5H8N4O2S/c1-2-7-3-4(6)8-12-5(3)9(10)11/h7H,2H2,1H3,(H2,6,8). The van der Waals surface area contributed by atoms with E-state index in [2.05, 4.69) is 9.69 Å². The van der Waals surface area contributed by atoms with Crippen molar-refractivity contribution in [2.24, 2.45) is 0 Å². The molecule has 0 aliphatic carbocycles. The summed E-state index contributed by atoms with van der Waals surface area (Å²) >= 11 is 0.788. The van der Waals surface area contributed by atoms with E-state index < -0.39 is 4.92 Å². The third-order valence-corrected chi connectivity index (χ3v) is 2.03. The Morgan fingerprint density at radius 3 is 3.00 bits per heavy atom. The molecule has 1 heterocycles. The second-order valence-electron chi connectivity index (χ2n) is 2.04. The van der Waals surface area contributed by atoms with Crippen molar-refractivity contribution < 1.29 is 4.92 Å².